The Morgan fingerprint density at radius 1 is 1.18 bits per heavy atom. The Balaban J connectivity index is 2.66. The van der Waals surface area contributed by atoms with Gasteiger partial charge < -0.3 is 9.47 Å². The highest BCUT2D eigenvalue weighted by Gasteiger charge is 2.07. The standard InChI is InChI=1S/C11H15ClO4S/c1-15-10-6-5-9(8-11(10)16-2)4-3-7-17(12,13)14/h5-6,8H,3-4,7H2,1-2H3. The van der Waals surface area contributed by atoms with Gasteiger partial charge in [-0.3, -0.25) is 0 Å². The van der Waals surface area contributed by atoms with Crippen LogP contribution in [0.15, 0.2) is 18.2 Å². The third-order valence-corrected chi connectivity index (χ3v) is 3.54. The molecule has 0 heterocycles. The number of halogens is 1. The van der Waals surface area contributed by atoms with E-state index in [1.54, 1.807) is 20.3 Å². The summed E-state index contributed by atoms with van der Waals surface area (Å²) in [5.74, 6) is 1.27. The predicted molar refractivity (Wildman–Crippen MR) is 67.5 cm³/mol. The van der Waals surface area contributed by atoms with E-state index in [1.807, 2.05) is 12.1 Å². The summed E-state index contributed by atoms with van der Waals surface area (Å²) in [4.78, 5) is 0. The zero-order valence-corrected chi connectivity index (χ0v) is 11.3. The van der Waals surface area contributed by atoms with Gasteiger partial charge in [0.2, 0.25) is 9.05 Å². The molecule has 0 spiro atoms. The van der Waals surface area contributed by atoms with E-state index in [0.29, 0.717) is 24.3 Å². The summed E-state index contributed by atoms with van der Waals surface area (Å²) < 4.78 is 31.8. The molecule has 17 heavy (non-hydrogen) atoms. The van der Waals surface area contributed by atoms with E-state index in [9.17, 15) is 8.42 Å². The number of hydrogen-bond acceptors (Lipinski definition) is 4. The summed E-state index contributed by atoms with van der Waals surface area (Å²) in [5.41, 5.74) is 0.989. The third-order valence-electron chi connectivity index (χ3n) is 2.30. The molecule has 0 saturated heterocycles. The lowest BCUT2D eigenvalue weighted by Gasteiger charge is -2.09. The molecule has 1 aromatic carbocycles. The molecule has 96 valence electrons. The molecule has 0 atom stereocenters. The van der Waals surface area contributed by atoms with Crippen LogP contribution in [0.4, 0.5) is 0 Å². The molecule has 0 aliphatic carbocycles. The molecule has 0 aliphatic heterocycles. The van der Waals surface area contributed by atoms with Crippen molar-refractivity contribution in [3.8, 4) is 11.5 Å². The normalized spacial score (nSPS) is 11.2. The highest BCUT2D eigenvalue weighted by molar-refractivity contribution is 8.13. The fraction of sp³-hybridized carbons (Fsp3) is 0.455. The summed E-state index contributed by atoms with van der Waals surface area (Å²) in [6.45, 7) is 0. The number of benzene rings is 1. The molecule has 0 aliphatic rings. The maximum Gasteiger partial charge on any atom is 0.232 e. The van der Waals surface area contributed by atoms with Crippen molar-refractivity contribution in [2.75, 3.05) is 20.0 Å². The van der Waals surface area contributed by atoms with Crippen LogP contribution in [0.1, 0.15) is 12.0 Å². The first kappa shape index (κ1) is 14.1. The van der Waals surface area contributed by atoms with Crippen LogP contribution in [-0.4, -0.2) is 28.4 Å². The molecule has 4 nitrogen and oxygen atoms in total. The second-order valence-electron chi connectivity index (χ2n) is 3.54. The molecular weight excluding hydrogens is 264 g/mol. The second kappa shape index (κ2) is 6.12. The summed E-state index contributed by atoms with van der Waals surface area (Å²) in [6.07, 6.45) is 1.12. The number of ether oxygens (including phenoxy) is 2. The minimum absolute atomic E-state index is 0.0249. The first-order valence-electron chi connectivity index (χ1n) is 5.09. The van der Waals surface area contributed by atoms with Crippen LogP contribution in [0.5, 0.6) is 11.5 Å². The Morgan fingerprint density at radius 3 is 2.35 bits per heavy atom. The number of methoxy groups -OCH3 is 2. The summed E-state index contributed by atoms with van der Waals surface area (Å²) >= 11 is 0. The van der Waals surface area contributed by atoms with Gasteiger partial charge in [-0.1, -0.05) is 6.07 Å². The highest BCUT2D eigenvalue weighted by atomic mass is 35.7. The fourth-order valence-corrected chi connectivity index (χ4v) is 2.30. The largest absolute Gasteiger partial charge is 0.493 e. The molecule has 0 bridgehead atoms. The van der Waals surface area contributed by atoms with Gasteiger partial charge in [0.15, 0.2) is 11.5 Å². The lowest BCUT2D eigenvalue weighted by molar-refractivity contribution is 0.354. The lowest BCUT2D eigenvalue weighted by Crippen LogP contribution is -1.99. The minimum Gasteiger partial charge on any atom is -0.493 e. The van der Waals surface area contributed by atoms with Crippen LogP contribution < -0.4 is 9.47 Å². The highest BCUT2D eigenvalue weighted by Crippen LogP contribution is 2.27. The lowest BCUT2D eigenvalue weighted by atomic mass is 10.1. The Hall–Kier alpha value is -0.940. The first-order valence-corrected chi connectivity index (χ1v) is 7.57. The molecule has 0 amide bonds. The van der Waals surface area contributed by atoms with Crippen molar-refractivity contribution >= 4 is 19.7 Å². The van der Waals surface area contributed by atoms with Gasteiger partial charge >= 0.3 is 0 Å². The molecule has 1 rings (SSSR count). The summed E-state index contributed by atoms with van der Waals surface area (Å²) in [6, 6.07) is 5.51. The van der Waals surface area contributed by atoms with Crippen LogP contribution >= 0.6 is 10.7 Å². The van der Waals surface area contributed by atoms with Crippen molar-refractivity contribution in [2.45, 2.75) is 12.8 Å². The van der Waals surface area contributed by atoms with Crippen LogP contribution in [-0.2, 0) is 15.5 Å². The van der Waals surface area contributed by atoms with E-state index in [-0.39, 0.29) is 5.75 Å². The monoisotopic (exact) mass is 278 g/mol. The minimum atomic E-state index is -3.41. The zero-order valence-electron chi connectivity index (χ0n) is 9.77. The van der Waals surface area contributed by atoms with E-state index in [2.05, 4.69) is 0 Å². The van der Waals surface area contributed by atoms with E-state index in [4.69, 9.17) is 20.2 Å². The van der Waals surface area contributed by atoms with Gasteiger partial charge in [-0.25, -0.2) is 8.42 Å². The van der Waals surface area contributed by atoms with Crippen molar-refractivity contribution < 1.29 is 17.9 Å². The molecule has 0 unspecified atom stereocenters. The van der Waals surface area contributed by atoms with Gasteiger partial charge in [-0.05, 0) is 30.5 Å². The smallest absolute Gasteiger partial charge is 0.232 e. The van der Waals surface area contributed by atoms with Gasteiger partial charge in [-0.2, -0.15) is 0 Å². The van der Waals surface area contributed by atoms with Gasteiger partial charge in [0.05, 0.1) is 20.0 Å². The average Bonchev–Trinajstić information content (AvgIpc) is 2.27. The second-order valence-corrected chi connectivity index (χ2v) is 6.43. The van der Waals surface area contributed by atoms with Crippen LogP contribution in [0, 0.1) is 0 Å². The Kier molecular flexibility index (Phi) is 5.08. The number of aryl methyl sites for hydroxylation is 1. The molecule has 0 N–H and O–H groups in total. The molecular formula is C11H15ClO4S. The SMILES string of the molecule is COc1ccc(CCCS(=O)(=O)Cl)cc1OC. The van der Waals surface area contributed by atoms with Crippen molar-refractivity contribution in [1.29, 1.82) is 0 Å². The molecule has 0 aromatic heterocycles. The predicted octanol–water partition coefficient (Wildman–Crippen LogP) is 2.21. The third kappa shape index (κ3) is 4.83. The first-order chi connectivity index (χ1) is 7.96. The molecule has 6 heteroatoms. The number of rotatable bonds is 6. The quantitative estimate of drug-likeness (QED) is 0.749. The van der Waals surface area contributed by atoms with Gasteiger partial charge in [0, 0.05) is 10.7 Å². The van der Waals surface area contributed by atoms with Crippen molar-refractivity contribution in [3.05, 3.63) is 23.8 Å². The maximum atomic E-state index is 10.8. The fourth-order valence-electron chi connectivity index (χ4n) is 1.48. The van der Waals surface area contributed by atoms with Crippen LogP contribution in [0.3, 0.4) is 0 Å². The van der Waals surface area contributed by atoms with Crippen molar-refractivity contribution in [2.24, 2.45) is 0 Å². The van der Waals surface area contributed by atoms with E-state index < -0.39 is 9.05 Å². The molecule has 0 fully saturated rings. The average molecular weight is 279 g/mol. The molecule has 1 aromatic rings. The van der Waals surface area contributed by atoms with Crippen molar-refractivity contribution in [3.63, 3.8) is 0 Å². The summed E-state index contributed by atoms with van der Waals surface area (Å²) in [5, 5.41) is 0. The van der Waals surface area contributed by atoms with Gasteiger partial charge in [-0.15, -0.1) is 0 Å². The topological polar surface area (TPSA) is 52.6 Å². The zero-order chi connectivity index (χ0) is 12.9. The maximum absolute atomic E-state index is 10.8. The molecule has 0 saturated carbocycles. The van der Waals surface area contributed by atoms with Crippen LogP contribution in [0.25, 0.3) is 0 Å². The summed E-state index contributed by atoms with van der Waals surface area (Å²) in [7, 11) is 4.85. The van der Waals surface area contributed by atoms with Gasteiger partial charge in [0.1, 0.15) is 0 Å². The van der Waals surface area contributed by atoms with E-state index in [1.165, 1.54) is 0 Å². The molecule has 0 radical (unpaired) electrons. The van der Waals surface area contributed by atoms with Gasteiger partial charge in [0.25, 0.3) is 0 Å². The van der Waals surface area contributed by atoms with E-state index >= 15 is 0 Å². The number of hydrogen-bond donors (Lipinski definition) is 0. The Morgan fingerprint density at radius 2 is 1.82 bits per heavy atom. The Bertz CT molecular complexity index is 470. The van der Waals surface area contributed by atoms with Crippen molar-refractivity contribution in [1.82, 2.24) is 0 Å². The van der Waals surface area contributed by atoms with E-state index in [0.717, 1.165) is 5.56 Å². The van der Waals surface area contributed by atoms with Crippen LogP contribution in [0.2, 0.25) is 0 Å². The Labute approximate surface area is 106 Å².